The molecule has 1 amide bonds. The van der Waals surface area contributed by atoms with Crippen LogP contribution in [0.5, 0.6) is 0 Å². The number of carbonyl (C=O) groups excluding carboxylic acids is 1. The van der Waals surface area contributed by atoms with E-state index in [1.165, 1.54) is 0 Å². The number of fused-ring (bicyclic) bond motifs is 1. The highest BCUT2D eigenvalue weighted by Gasteiger charge is 2.40. The summed E-state index contributed by atoms with van der Waals surface area (Å²) >= 11 is 1.61. The van der Waals surface area contributed by atoms with Crippen molar-refractivity contribution >= 4 is 27.7 Å². The number of nitrogens with one attached hydrogen (secondary N) is 2. The highest BCUT2D eigenvalue weighted by molar-refractivity contribution is 7.98. The average molecular weight is 384 g/mol. The zero-order valence-electron chi connectivity index (χ0n) is 14.3. The molecule has 0 radical (unpaired) electrons. The smallest absolute Gasteiger partial charge is 0.241 e. The Kier molecular flexibility index (Phi) is 6.04. The van der Waals surface area contributed by atoms with Crippen molar-refractivity contribution < 1.29 is 13.2 Å². The second kappa shape index (κ2) is 8.07. The maximum absolute atomic E-state index is 13.0. The van der Waals surface area contributed by atoms with Crippen LogP contribution in [-0.4, -0.2) is 63.5 Å². The van der Waals surface area contributed by atoms with Gasteiger partial charge in [-0.05, 0) is 42.4 Å². The molecule has 2 N–H and O–H groups in total. The lowest BCUT2D eigenvalue weighted by molar-refractivity contribution is -0.132. The predicted octanol–water partition coefficient (Wildman–Crippen LogP) is 0.764. The molecule has 0 spiro atoms. The number of likely N-dealkylation sites (tertiary alicyclic amines) is 1. The van der Waals surface area contributed by atoms with Gasteiger partial charge in [0.05, 0.1) is 4.90 Å². The van der Waals surface area contributed by atoms with Gasteiger partial charge in [-0.2, -0.15) is 16.5 Å². The minimum Gasteiger partial charge on any atom is -0.341 e. The van der Waals surface area contributed by atoms with E-state index in [2.05, 4.69) is 10.0 Å². The van der Waals surface area contributed by atoms with E-state index in [1.54, 1.807) is 42.1 Å². The van der Waals surface area contributed by atoms with Crippen molar-refractivity contribution in [2.75, 3.05) is 38.2 Å². The Balaban J connectivity index is 1.72. The standard InChI is InChI=1S/C17H25N3O3S2/c1-24-8-7-16(19-25(22,23)15-5-3-2-4-6-15)17(21)20-11-13-9-18-10-14(13)12-20/h2-6,13-14,16,18-19H,7-12H2,1H3/t13-,14+,16?. The fraction of sp³-hybridized carbons (Fsp3) is 0.588. The zero-order chi connectivity index (χ0) is 17.9. The average Bonchev–Trinajstić information content (AvgIpc) is 3.20. The Morgan fingerprint density at radius 1 is 1.28 bits per heavy atom. The number of rotatable bonds is 7. The van der Waals surface area contributed by atoms with Gasteiger partial charge in [-0.1, -0.05) is 18.2 Å². The molecule has 8 heteroatoms. The van der Waals surface area contributed by atoms with E-state index < -0.39 is 16.1 Å². The van der Waals surface area contributed by atoms with Crippen LogP contribution in [0, 0.1) is 11.8 Å². The third-order valence-corrected chi connectivity index (χ3v) is 7.09. The maximum Gasteiger partial charge on any atom is 0.241 e. The lowest BCUT2D eigenvalue weighted by atomic mass is 10.0. The van der Waals surface area contributed by atoms with Gasteiger partial charge in [0.1, 0.15) is 6.04 Å². The summed E-state index contributed by atoms with van der Waals surface area (Å²) in [6.45, 7) is 3.33. The Labute approximate surface area is 153 Å². The van der Waals surface area contributed by atoms with Crippen molar-refractivity contribution in [3.63, 3.8) is 0 Å². The van der Waals surface area contributed by atoms with Gasteiger partial charge in [-0.25, -0.2) is 8.42 Å². The van der Waals surface area contributed by atoms with Crippen molar-refractivity contribution in [1.82, 2.24) is 14.9 Å². The molecule has 1 aromatic rings. The van der Waals surface area contributed by atoms with Crippen LogP contribution in [0.2, 0.25) is 0 Å². The van der Waals surface area contributed by atoms with Crippen LogP contribution < -0.4 is 10.0 Å². The summed E-state index contributed by atoms with van der Waals surface area (Å²) in [5.74, 6) is 1.63. The van der Waals surface area contributed by atoms with Gasteiger partial charge in [-0.15, -0.1) is 0 Å². The molecular weight excluding hydrogens is 358 g/mol. The van der Waals surface area contributed by atoms with Crippen molar-refractivity contribution in [2.24, 2.45) is 11.8 Å². The Bertz CT molecular complexity index is 684. The molecule has 3 rings (SSSR count). The van der Waals surface area contributed by atoms with Gasteiger partial charge in [-0.3, -0.25) is 4.79 Å². The number of carbonyl (C=O) groups is 1. The second-order valence-electron chi connectivity index (χ2n) is 6.69. The van der Waals surface area contributed by atoms with E-state index in [9.17, 15) is 13.2 Å². The van der Waals surface area contributed by atoms with E-state index in [0.717, 1.165) is 31.9 Å². The summed E-state index contributed by atoms with van der Waals surface area (Å²) in [4.78, 5) is 15.0. The fourth-order valence-corrected chi connectivity index (χ4v) is 5.30. The summed E-state index contributed by atoms with van der Waals surface area (Å²) in [6.07, 6.45) is 2.45. The Morgan fingerprint density at radius 2 is 1.92 bits per heavy atom. The van der Waals surface area contributed by atoms with Crippen molar-refractivity contribution in [3.05, 3.63) is 30.3 Å². The number of nitrogens with zero attached hydrogens (tertiary/aromatic N) is 1. The van der Waals surface area contributed by atoms with E-state index in [0.29, 0.717) is 18.3 Å². The van der Waals surface area contributed by atoms with Crippen LogP contribution in [-0.2, 0) is 14.8 Å². The van der Waals surface area contributed by atoms with Gasteiger partial charge in [0.15, 0.2) is 0 Å². The molecule has 0 aliphatic carbocycles. The fourth-order valence-electron chi connectivity index (χ4n) is 3.58. The largest absolute Gasteiger partial charge is 0.341 e. The highest BCUT2D eigenvalue weighted by Crippen LogP contribution is 2.27. The Hall–Kier alpha value is -1.09. The van der Waals surface area contributed by atoms with E-state index in [4.69, 9.17) is 0 Å². The molecule has 1 unspecified atom stereocenters. The first kappa shape index (κ1) is 18.7. The zero-order valence-corrected chi connectivity index (χ0v) is 16.0. The highest BCUT2D eigenvalue weighted by atomic mass is 32.2. The first-order chi connectivity index (χ1) is 12.0. The normalized spacial score (nSPS) is 24.3. The van der Waals surface area contributed by atoms with E-state index in [-0.39, 0.29) is 10.8 Å². The summed E-state index contributed by atoms with van der Waals surface area (Å²) in [7, 11) is -3.70. The van der Waals surface area contributed by atoms with Gasteiger partial charge in [0.2, 0.25) is 15.9 Å². The summed E-state index contributed by atoms with van der Waals surface area (Å²) < 4.78 is 27.9. The maximum atomic E-state index is 13.0. The first-order valence-electron chi connectivity index (χ1n) is 8.57. The molecule has 2 saturated heterocycles. The third-order valence-electron chi connectivity index (χ3n) is 4.96. The molecule has 0 bridgehead atoms. The summed E-state index contributed by atoms with van der Waals surface area (Å²) in [5.41, 5.74) is 0. The monoisotopic (exact) mass is 383 g/mol. The van der Waals surface area contributed by atoms with Crippen LogP contribution in [0.4, 0.5) is 0 Å². The van der Waals surface area contributed by atoms with E-state index >= 15 is 0 Å². The lowest BCUT2D eigenvalue weighted by Crippen LogP contribution is -2.48. The molecule has 0 aromatic heterocycles. The predicted molar refractivity (Wildman–Crippen MR) is 100.0 cm³/mol. The molecule has 0 saturated carbocycles. The number of benzene rings is 1. The van der Waals surface area contributed by atoms with Crippen molar-refractivity contribution in [2.45, 2.75) is 17.4 Å². The topological polar surface area (TPSA) is 78.5 Å². The molecule has 1 aromatic carbocycles. The number of amides is 1. The minimum atomic E-state index is -3.70. The van der Waals surface area contributed by atoms with E-state index in [1.807, 2.05) is 11.2 Å². The number of hydrogen-bond acceptors (Lipinski definition) is 5. The number of sulfonamides is 1. The number of thioether (sulfide) groups is 1. The van der Waals surface area contributed by atoms with Crippen LogP contribution in [0.1, 0.15) is 6.42 Å². The van der Waals surface area contributed by atoms with Gasteiger partial charge in [0, 0.05) is 26.2 Å². The SMILES string of the molecule is CSCCC(NS(=O)(=O)c1ccccc1)C(=O)N1C[C@H]2CNC[C@H]2C1. The van der Waals surface area contributed by atoms with Crippen LogP contribution in [0.15, 0.2) is 35.2 Å². The molecule has 6 nitrogen and oxygen atoms in total. The minimum absolute atomic E-state index is 0.0945. The molecule has 25 heavy (non-hydrogen) atoms. The summed E-state index contributed by atoms with van der Waals surface area (Å²) in [5, 5.41) is 3.35. The van der Waals surface area contributed by atoms with Crippen LogP contribution in [0.25, 0.3) is 0 Å². The van der Waals surface area contributed by atoms with Gasteiger partial charge >= 0.3 is 0 Å². The molecule has 2 fully saturated rings. The second-order valence-corrected chi connectivity index (χ2v) is 9.39. The van der Waals surface area contributed by atoms with Crippen molar-refractivity contribution in [1.29, 1.82) is 0 Å². The summed E-state index contributed by atoms with van der Waals surface area (Å²) in [6, 6.07) is 7.52. The molecular formula is C17H25N3O3S2. The Morgan fingerprint density at radius 3 is 2.52 bits per heavy atom. The van der Waals surface area contributed by atoms with Gasteiger partial charge < -0.3 is 10.2 Å². The molecule has 2 aliphatic rings. The number of hydrogen-bond donors (Lipinski definition) is 2. The first-order valence-corrected chi connectivity index (χ1v) is 11.4. The third kappa shape index (κ3) is 4.36. The molecule has 2 heterocycles. The van der Waals surface area contributed by atoms with Crippen molar-refractivity contribution in [3.8, 4) is 0 Å². The molecule has 138 valence electrons. The molecule has 3 atom stereocenters. The van der Waals surface area contributed by atoms with Crippen LogP contribution in [0.3, 0.4) is 0 Å². The quantitative estimate of drug-likeness (QED) is 0.727. The van der Waals surface area contributed by atoms with Crippen LogP contribution >= 0.6 is 11.8 Å². The van der Waals surface area contributed by atoms with Gasteiger partial charge in [0.25, 0.3) is 0 Å². The lowest BCUT2D eigenvalue weighted by Gasteiger charge is -2.25. The molecule has 2 aliphatic heterocycles.